The lowest BCUT2D eigenvalue weighted by atomic mass is 10.2. The molecule has 0 radical (unpaired) electrons. The molecule has 110 valence electrons. The van der Waals surface area contributed by atoms with Crippen LogP contribution in [0.4, 0.5) is 5.69 Å². The summed E-state index contributed by atoms with van der Waals surface area (Å²) in [6.45, 7) is -0.219. The van der Waals surface area contributed by atoms with E-state index in [0.29, 0.717) is 21.6 Å². The van der Waals surface area contributed by atoms with Crippen LogP contribution in [0.2, 0.25) is 5.02 Å². The minimum atomic E-state index is -0.407. The van der Waals surface area contributed by atoms with E-state index in [1.807, 2.05) is 6.07 Å². The second-order valence-electron chi connectivity index (χ2n) is 4.63. The minimum Gasteiger partial charge on any atom is -0.324 e. The van der Waals surface area contributed by atoms with Gasteiger partial charge in [0.25, 0.3) is 5.56 Å². The van der Waals surface area contributed by atoms with Gasteiger partial charge in [0, 0.05) is 10.7 Å². The van der Waals surface area contributed by atoms with Crippen molar-refractivity contribution in [2.24, 2.45) is 0 Å². The van der Waals surface area contributed by atoms with E-state index in [9.17, 15) is 9.59 Å². The highest BCUT2D eigenvalue weighted by Crippen LogP contribution is 2.13. The van der Waals surface area contributed by atoms with Gasteiger partial charge in [-0.2, -0.15) is 0 Å². The van der Waals surface area contributed by atoms with Crippen molar-refractivity contribution >= 4 is 34.1 Å². The van der Waals surface area contributed by atoms with Crippen molar-refractivity contribution in [3.05, 3.63) is 63.9 Å². The number of anilines is 1. The quantitative estimate of drug-likeness (QED) is 0.803. The Labute approximate surface area is 130 Å². The molecule has 3 aromatic rings. The third-order valence-corrected chi connectivity index (χ3v) is 3.27. The van der Waals surface area contributed by atoms with E-state index in [4.69, 9.17) is 11.6 Å². The van der Waals surface area contributed by atoms with Crippen LogP contribution in [0.1, 0.15) is 0 Å². The molecular weight excluding hydrogens is 304 g/mol. The molecule has 0 saturated carbocycles. The summed E-state index contributed by atoms with van der Waals surface area (Å²) in [7, 11) is 0. The fraction of sp³-hybridized carbons (Fsp3) is 0.0667. The highest BCUT2D eigenvalue weighted by molar-refractivity contribution is 6.31. The average Bonchev–Trinajstić information content (AvgIpc) is 2.51. The first-order valence-corrected chi connectivity index (χ1v) is 6.89. The number of hydrogen-bond donors (Lipinski definition) is 1. The lowest BCUT2D eigenvalue weighted by Gasteiger charge is -2.06. The highest BCUT2D eigenvalue weighted by Gasteiger charge is 2.10. The molecule has 6 nitrogen and oxygen atoms in total. The molecule has 3 rings (SSSR count). The number of hydrogen-bond acceptors (Lipinski definition) is 4. The number of aromatic nitrogens is 3. The molecule has 0 spiro atoms. The normalized spacial score (nSPS) is 10.6. The van der Waals surface area contributed by atoms with Crippen LogP contribution >= 0.6 is 11.6 Å². The molecule has 0 aliphatic carbocycles. The molecule has 1 amide bonds. The zero-order valence-corrected chi connectivity index (χ0v) is 12.1. The van der Waals surface area contributed by atoms with Gasteiger partial charge in [0.2, 0.25) is 5.91 Å². The maximum Gasteiger partial charge on any atom is 0.278 e. The van der Waals surface area contributed by atoms with Crippen molar-refractivity contribution in [1.29, 1.82) is 0 Å². The Morgan fingerprint density at radius 2 is 1.95 bits per heavy atom. The van der Waals surface area contributed by atoms with E-state index in [1.165, 1.54) is 6.07 Å². The summed E-state index contributed by atoms with van der Waals surface area (Å²) in [5, 5.41) is 11.1. The number of benzene rings is 2. The molecule has 22 heavy (non-hydrogen) atoms. The summed E-state index contributed by atoms with van der Waals surface area (Å²) in [4.78, 5) is 24.3. The monoisotopic (exact) mass is 314 g/mol. The Morgan fingerprint density at radius 3 is 2.73 bits per heavy atom. The topological polar surface area (TPSA) is 76.9 Å². The van der Waals surface area contributed by atoms with Gasteiger partial charge in [-0.25, -0.2) is 4.68 Å². The second kappa shape index (κ2) is 5.95. The molecule has 7 heteroatoms. The number of nitrogens with zero attached hydrogens (tertiary/aromatic N) is 3. The number of amides is 1. The minimum absolute atomic E-state index is 0.219. The molecular formula is C15H11ClN4O2. The van der Waals surface area contributed by atoms with Crippen LogP contribution in [0.25, 0.3) is 10.9 Å². The van der Waals surface area contributed by atoms with Gasteiger partial charge < -0.3 is 5.32 Å². The SMILES string of the molecule is O=C(Cn1nnc2ccc(Cl)cc2c1=O)Nc1ccccc1. The summed E-state index contributed by atoms with van der Waals surface area (Å²) in [6, 6.07) is 13.7. The number of nitrogens with one attached hydrogen (secondary N) is 1. The van der Waals surface area contributed by atoms with Crippen LogP contribution < -0.4 is 10.9 Å². The Kier molecular flexibility index (Phi) is 3.84. The van der Waals surface area contributed by atoms with E-state index in [1.54, 1.807) is 36.4 Å². The number of rotatable bonds is 3. The number of carbonyl (C=O) groups excluding carboxylic acids is 1. The summed E-state index contributed by atoms with van der Waals surface area (Å²) in [5.74, 6) is -0.357. The summed E-state index contributed by atoms with van der Waals surface area (Å²) in [6.07, 6.45) is 0. The van der Waals surface area contributed by atoms with Gasteiger partial charge in [-0.3, -0.25) is 9.59 Å². The lowest BCUT2D eigenvalue weighted by molar-refractivity contribution is -0.117. The van der Waals surface area contributed by atoms with Crippen molar-refractivity contribution in [1.82, 2.24) is 15.0 Å². The molecule has 0 saturated heterocycles. The standard InChI is InChI=1S/C15H11ClN4O2/c16-10-6-7-13-12(8-10)15(22)20(19-18-13)9-14(21)17-11-4-2-1-3-5-11/h1-8H,9H2,(H,17,21). The predicted octanol–water partition coefficient (Wildman–Crippen LogP) is 2.08. The molecule has 0 unspecified atom stereocenters. The number of para-hydroxylation sites is 1. The zero-order valence-electron chi connectivity index (χ0n) is 11.4. The Balaban J connectivity index is 1.86. The zero-order chi connectivity index (χ0) is 15.5. The lowest BCUT2D eigenvalue weighted by Crippen LogP contribution is -2.30. The van der Waals surface area contributed by atoms with E-state index >= 15 is 0 Å². The average molecular weight is 315 g/mol. The first-order chi connectivity index (χ1) is 10.6. The first-order valence-electron chi connectivity index (χ1n) is 6.51. The van der Waals surface area contributed by atoms with E-state index in [0.717, 1.165) is 4.68 Å². The van der Waals surface area contributed by atoms with Crippen molar-refractivity contribution in [2.75, 3.05) is 5.32 Å². The summed E-state index contributed by atoms with van der Waals surface area (Å²) >= 11 is 5.88. The van der Waals surface area contributed by atoms with E-state index < -0.39 is 5.56 Å². The summed E-state index contributed by atoms with van der Waals surface area (Å²) in [5.41, 5.74) is 0.683. The third-order valence-electron chi connectivity index (χ3n) is 3.03. The fourth-order valence-corrected chi connectivity index (χ4v) is 2.18. The van der Waals surface area contributed by atoms with Crippen molar-refractivity contribution in [2.45, 2.75) is 6.54 Å². The number of fused-ring (bicyclic) bond motifs is 1. The van der Waals surface area contributed by atoms with Gasteiger partial charge in [-0.15, -0.1) is 5.10 Å². The molecule has 1 N–H and O–H groups in total. The van der Waals surface area contributed by atoms with Gasteiger partial charge in [0.1, 0.15) is 12.1 Å². The first kappa shape index (κ1) is 14.2. The van der Waals surface area contributed by atoms with E-state index in [-0.39, 0.29) is 12.5 Å². The Morgan fingerprint density at radius 1 is 1.18 bits per heavy atom. The van der Waals surface area contributed by atoms with Gasteiger partial charge >= 0.3 is 0 Å². The fourth-order valence-electron chi connectivity index (χ4n) is 2.01. The van der Waals surface area contributed by atoms with Crippen LogP contribution in [0.15, 0.2) is 53.3 Å². The Bertz CT molecular complexity index is 893. The van der Waals surface area contributed by atoms with Crippen LogP contribution in [0.5, 0.6) is 0 Å². The van der Waals surface area contributed by atoms with Gasteiger partial charge in [0.15, 0.2) is 0 Å². The molecule has 0 bridgehead atoms. The van der Waals surface area contributed by atoms with Crippen LogP contribution in [0, 0.1) is 0 Å². The molecule has 0 aliphatic heterocycles. The van der Waals surface area contributed by atoms with Gasteiger partial charge in [-0.1, -0.05) is 35.0 Å². The highest BCUT2D eigenvalue weighted by atomic mass is 35.5. The van der Waals surface area contributed by atoms with Crippen molar-refractivity contribution in [3.8, 4) is 0 Å². The number of halogens is 1. The van der Waals surface area contributed by atoms with Gasteiger partial charge in [-0.05, 0) is 30.3 Å². The van der Waals surface area contributed by atoms with E-state index in [2.05, 4.69) is 15.6 Å². The molecule has 1 aromatic heterocycles. The molecule has 2 aromatic carbocycles. The Hall–Kier alpha value is -2.73. The second-order valence-corrected chi connectivity index (χ2v) is 5.06. The van der Waals surface area contributed by atoms with Crippen LogP contribution in [-0.4, -0.2) is 20.9 Å². The van der Waals surface area contributed by atoms with Crippen LogP contribution in [0.3, 0.4) is 0 Å². The third kappa shape index (κ3) is 2.96. The molecule has 0 fully saturated rings. The smallest absolute Gasteiger partial charge is 0.278 e. The molecule has 0 atom stereocenters. The van der Waals surface area contributed by atoms with Crippen LogP contribution in [-0.2, 0) is 11.3 Å². The predicted molar refractivity (Wildman–Crippen MR) is 83.9 cm³/mol. The van der Waals surface area contributed by atoms with Crippen molar-refractivity contribution < 1.29 is 4.79 Å². The van der Waals surface area contributed by atoms with Gasteiger partial charge in [0.05, 0.1) is 5.39 Å². The number of carbonyl (C=O) groups is 1. The maximum absolute atomic E-state index is 12.3. The molecule has 1 heterocycles. The molecule has 0 aliphatic rings. The largest absolute Gasteiger partial charge is 0.324 e. The van der Waals surface area contributed by atoms with Crippen molar-refractivity contribution in [3.63, 3.8) is 0 Å². The maximum atomic E-state index is 12.3. The summed E-state index contributed by atoms with van der Waals surface area (Å²) < 4.78 is 1.01.